The molecule has 5 amide bonds. The second kappa shape index (κ2) is 14.0. The third kappa shape index (κ3) is 7.61. The highest BCUT2D eigenvalue weighted by Crippen LogP contribution is 2.31. The van der Waals surface area contributed by atoms with Gasteiger partial charge in [-0.3, -0.25) is 19.7 Å². The summed E-state index contributed by atoms with van der Waals surface area (Å²) < 4.78 is 16.8. The fraction of sp³-hybridized carbons (Fsp3) is 0.0909. The van der Waals surface area contributed by atoms with E-state index < -0.39 is 23.8 Å². The normalized spacial score (nSPS) is 13.8. The number of barbiturate groups is 1. The van der Waals surface area contributed by atoms with Crippen molar-refractivity contribution in [2.24, 2.45) is 0 Å². The van der Waals surface area contributed by atoms with Crippen molar-refractivity contribution in [1.82, 2.24) is 5.32 Å². The highest BCUT2D eigenvalue weighted by molar-refractivity contribution is 6.42. The Bertz CT molecular complexity index is 1790. The van der Waals surface area contributed by atoms with Gasteiger partial charge >= 0.3 is 6.03 Å². The average molecular weight is 646 g/mol. The lowest BCUT2D eigenvalue weighted by Gasteiger charge is -2.26. The predicted molar refractivity (Wildman–Crippen MR) is 170 cm³/mol. The molecule has 0 aromatic heterocycles. The van der Waals surface area contributed by atoms with Crippen LogP contribution in [0, 0.1) is 0 Å². The molecule has 5 rings (SSSR count). The van der Waals surface area contributed by atoms with Crippen molar-refractivity contribution in [3.8, 4) is 17.2 Å². The van der Waals surface area contributed by atoms with Crippen molar-refractivity contribution >= 4 is 64.4 Å². The molecule has 228 valence electrons. The van der Waals surface area contributed by atoms with Crippen LogP contribution >= 0.6 is 23.2 Å². The molecule has 1 aliphatic heterocycles. The Hall–Kier alpha value is -5.32. The summed E-state index contributed by atoms with van der Waals surface area (Å²) in [6.07, 6.45) is 1.33. The summed E-state index contributed by atoms with van der Waals surface area (Å²) in [4.78, 5) is 52.0. The zero-order chi connectivity index (χ0) is 31.9. The van der Waals surface area contributed by atoms with E-state index in [1.165, 1.54) is 31.4 Å². The highest BCUT2D eigenvalue weighted by Gasteiger charge is 2.36. The van der Waals surface area contributed by atoms with E-state index in [0.29, 0.717) is 33.7 Å². The number of carbonyl (C=O) groups is 4. The number of halogens is 2. The van der Waals surface area contributed by atoms with Gasteiger partial charge in [0.1, 0.15) is 17.9 Å². The molecule has 2 N–H and O–H groups in total. The molecule has 45 heavy (non-hydrogen) atoms. The lowest BCUT2D eigenvalue weighted by Crippen LogP contribution is -2.54. The summed E-state index contributed by atoms with van der Waals surface area (Å²) >= 11 is 11.9. The fourth-order valence-electron chi connectivity index (χ4n) is 4.30. The SMILES string of the molecule is COc1cc(/C=C2/C(=O)NC(=O)N(c3ccc(OCc4ccccc4)cc3)C2=O)ccc1OCC(=O)Nc1ccc(Cl)c(Cl)c1. The first kappa shape index (κ1) is 31.1. The van der Waals surface area contributed by atoms with Gasteiger partial charge in [0.25, 0.3) is 17.7 Å². The number of nitrogens with one attached hydrogen (secondary N) is 2. The van der Waals surface area contributed by atoms with Crippen LogP contribution in [0.5, 0.6) is 17.2 Å². The van der Waals surface area contributed by atoms with Crippen LogP contribution in [0.15, 0.2) is 96.6 Å². The van der Waals surface area contributed by atoms with Gasteiger partial charge in [0.15, 0.2) is 18.1 Å². The Morgan fingerprint density at radius 2 is 1.62 bits per heavy atom. The molecule has 0 saturated carbocycles. The molecular weight excluding hydrogens is 621 g/mol. The number of hydrogen-bond acceptors (Lipinski definition) is 7. The largest absolute Gasteiger partial charge is 0.493 e. The average Bonchev–Trinajstić information content (AvgIpc) is 3.04. The molecule has 0 radical (unpaired) electrons. The third-order valence-electron chi connectivity index (χ3n) is 6.51. The monoisotopic (exact) mass is 645 g/mol. The van der Waals surface area contributed by atoms with E-state index in [2.05, 4.69) is 10.6 Å². The number of methoxy groups -OCH3 is 1. The van der Waals surface area contributed by atoms with Gasteiger partial charge in [-0.2, -0.15) is 0 Å². The van der Waals surface area contributed by atoms with E-state index in [0.717, 1.165) is 10.5 Å². The van der Waals surface area contributed by atoms with Crippen molar-refractivity contribution in [3.63, 3.8) is 0 Å². The van der Waals surface area contributed by atoms with Gasteiger partial charge in [-0.1, -0.05) is 59.6 Å². The van der Waals surface area contributed by atoms with E-state index >= 15 is 0 Å². The number of anilines is 2. The maximum absolute atomic E-state index is 13.4. The quantitative estimate of drug-likeness (QED) is 0.154. The number of hydrogen-bond donors (Lipinski definition) is 2. The lowest BCUT2D eigenvalue weighted by molar-refractivity contribution is -0.122. The number of nitrogens with zero attached hydrogens (tertiary/aromatic N) is 1. The van der Waals surface area contributed by atoms with Crippen LogP contribution in [-0.2, 0) is 21.0 Å². The minimum atomic E-state index is -0.874. The summed E-state index contributed by atoms with van der Waals surface area (Å²) in [7, 11) is 1.40. The summed E-state index contributed by atoms with van der Waals surface area (Å²) in [6, 6.07) is 24.4. The molecule has 1 fully saturated rings. The summed E-state index contributed by atoms with van der Waals surface area (Å²) in [6.45, 7) is 0.00894. The van der Waals surface area contributed by atoms with Crippen LogP contribution in [-0.4, -0.2) is 37.5 Å². The zero-order valence-electron chi connectivity index (χ0n) is 23.7. The van der Waals surface area contributed by atoms with Gasteiger partial charge in [-0.25, -0.2) is 9.69 Å². The molecule has 0 bridgehead atoms. The Kier molecular flexibility index (Phi) is 9.67. The third-order valence-corrected chi connectivity index (χ3v) is 7.24. The minimum absolute atomic E-state index is 0.245. The molecule has 0 unspecified atom stereocenters. The highest BCUT2D eigenvalue weighted by atomic mass is 35.5. The molecule has 1 aliphatic rings. The molecule has 0 atom stereocenters. The van der Waals surface area contributed by atoms with Crippen LogP contribution in [0.4, 0.5) is 16.2 Å². The Morgan fingerprint density at radius 3 is 2.33 bits per heavy atom. The number of ether oxygens (including phenoxy) is 3. The summed E-state index contributed by atoms with van der Waals surface area (Å²) in [5.41, 5.74) is 1.83. The van der Waals surface area contributed by atoms with Crippen molar-refractivity contribution < 1.29 is 33.4 Å². The fourth-order valence-corrected chi connectivity index (χ4v) is 4.60. The first-order chi connectivity index (χ1) is 21.7. The van der Waals surface area contributed by atoms with Gasteiger partial charge in [-0.15, -0.1) is 0 Å². The van der Waals surface area contributed by atoms with E-state index in [1.807, 2.05) is 30.3 Å². The topological polar surface area (TPSA) is 123 Å². The van der Waals surface area contributed by atoms with Gasteiger partial charge < -0.3 is 19.5 Å². The van der Waals surface area contributed by atoms with Crippen LogP contribution in [0.1, 0.15) is 11.1 Å². The first-order valence-corrected chi connectivity index (χ1v) is 14.2. The molecule has 1 heterocycles. The Labute approximate surface area is 268 Å². The number of urea groups is 1. The maximum Gasteiger partial charge on any atom is 0.335 e. The van der Waals surface area contributed by atoms with E-state index in [1.54, 1.807) is 42.5 Å². The van der Waals surface area contributed by atoms with Crippen LogP contribution in [0.25, 0.3) is 6.08 Å². The number of benzene rings is 4. The van der Waals surface area contributed by atoms with Crippen LogP contribution < -0.4 is 29.7 Å². The zero-order valence-corrected chi connectivity index (χ0v) is 25.2. The van der Waals surface area contributed by atoms with E-state index in [9.17, 15) is 19.2 Å². The Balaban J connectivity index is 1.26. The second-order valence-corrected chi connectivity index (χ2v) is 10.4. The second-order valence-electron chi connectivity index (χ2n) is 9.60. The molecule has 4 aromatic carbocycles. The van der Waals surface area contributed by atoms with Crippen molar-refractivity contribution in [2.75, 3.05) is 23.9 Å². The van der Waals surface area contributed by atoms with Crippen LogP contribution in [0.3, 0.4) is 0 Å². The molecule has 4 aromatic rings. The van der Waals surface area contributed by atoms with Crippen molar-refractivity contribution in [3.05, 3.63) is 118 Å². The molecule has 0 spiro atoms. The summed E-state index contributed by atoms with van der Waals surface area (Å²) in [5.74, 6) is -1.07. The van der Waals surface area contributed by atoms with Gasteiger partial charge in [0.2, 0.25) is 0 Å². The molecule has 0 aliphatic carbocycles. The van der Waals surface area contributed by atoms with Gasteiger partial charge in [0, 0.05) is 5.69 Å². The molecule has 1 saturated heterocycles. The molecular formula is C33H25Cl2N3O7. The number of rotatable bonds is 10. The predicted octanol–water partition coefficient (Wildman–Crippen LogP) is 6.26. The number of imide groups is 2. The van der Waals surface area contributed by atoms with E-state index in [4.69, 9.17) is 37.4 Å². The standard InChI is InChI=1S/C33H25Cl2N3O7/c1-43-29-16-21(7-14-28(29)45-19-30(39)36-22-8-13-26(34)27(35)17-22)15-25-31(40)37-33(42)38(32(25)41)23-9-11-24(12-10-23)44-18-20-5-3-2-4-6-20/h2-17H,18-19H2,1H3,(H,36,39)(H,37,40,42)/b25-15-. The lowest BCUT2D eigenvalue weighted by atomic mass is 10.1. The number of amides is 5. The first-order valence-electron chi connectivity index (χ1n) is 13.5. The Morgan fingerprint density at radius 1 is 0.867 bits per heavy atom. The molecule has 10 nitrogen and oxygen atoms in total. The molecule has 12 heteroatoms. The van der Waals surface area contributed by atoms with Crippen LogP contribution in [0.2, 0.25) is 10.0 Å². The van der Waals surface area contributed by atoms with E-state index in [-0.39, 0.29) is 29.4 Å². The number of carbonyl (C=O) groups excluding carboxylic acids is 4. The maximum atomic E-state index is 13.4. The van der Waals surface area contributed by atoms with Crippen molar-refractivity contribution in [1.29, 1.82) is 0 Å². The van der Waals surface area contributed by atoms with Crippen molar-refractivity contribution in [2.45, 2.75) is 6.61 Å². The van der Waals surface area contributed by atoms with Gasteiger partial charge in [-0.05, 0) is 71.8 Å². The smallest absolute Gasteiger partial charge is 0.335 e. The summed E-state index contributed by atoms with van der Waals surface area (Å²) in [5, 5.41) is 5.50. The van der Waals surface area contributed by atoms with Gasteiger partial charge in [0.05, 0.1) is 22.8 Å². The minimum Gasteiger partial charge on any atom is -0.493 e.